The summed E-state index contributed by atoms with van der Waals surface area (Å²) in [4.78, 5) is 18.8. The van der Waals surface area contributed by atoms with Crippen LogP contribution in [0.25, 0.3) is 0 Å². The third-order valence-corrected chi connectivity index (χ3v) is 1.90. The Bertz CT molecular complexity index is 181. The number of amides is 1. The SMILES string of the molecule is CC(C)OP(=O)(O)C(N)=O.N. The van der Waals surface area contributed by atoms with Crippen molar-refractivity contribution in [3.05, 3.63) is 0 Å². The summed E-state index contributed by atoms with van der Waals surface area (Å²) in [5, 5.41) is 0. The highest BCUT2D eigenvalue weighted by Crippen LogP contribution is 2.42. The number of nitrogens with two attached hydrogens (primary N) is 1. The monoisotopic (exact) mass is 184 g/mol. The molecule has 0 aromatic rings. The predicted octanol–water partition coefficient (Wildman–Crippen LogP) is 0.837. The molecule has 0 spiro atoms. The molecular weight excluding hydrogens is 171 g/mol. The Kier molecular flexibility index (Phi) is 5.34. The van der Waals surface area contributed by atoms with E-state index in [9.17, 15) is 9.36 Å². The predicted molar refractivity (Wildman–Crippen MR) is 40.7 cm³/mol. The van der Waals surface area contributed by atoms with Crippen molar-refractivity contribution >= 4 is 13.2 Å². The summed E-state index contributed by atoms with van der Waals surface area (Å²) in [5.74, 6) is 0. The van der Waals surface area contributed by atoms with Crippen LogP contribution in [0.5, 0.6) is 0 Å². The summed E-state index contributed by atoms with van der Waals surface area (Å²) in [7, 11) is -4.18. The van der Waals surface area contributed by atoms with Crippen LogP contribution in [-0.2, 0) is 9.09 Å². The number of carbonyl (C=O) groups is 1. The Balaban J connectivity index is 0. The Morgan fingerprint density at radius 3 is 2.09 bits per heavy atom. The van der Waals surface area contributed by atoms with E-state index in [0.717, 1.165) is 0 Å². The zero-order valence-electron chi connectivity index (χ0n) is 6.48. The van der Waals surface area contributed by atoms with Gasteiger partial charge in [0, 0.05) is 0 Å². The van der Waals surface area contributed by atoms with Crippen molar-refractivity contribution in [3.8, 4) is 0 Å². The third-order valence-electron chi connectivity index (χ3n) is 0.632. The van der Waals surface area contributed by atoms with Gasteiger partial charge in [0.2, 0.25) is 0 Å². The van der Waals surface area contributed by atoms with Crippen molar-refractivity contribution in [2.75, 3.05) is 0 Å². The van der Waals surface area contributed by atoms with Crippen molar-refractivity contribution < 1.29 is 18.8 Å². The highest BCUT2D eigenvalue weighted by atomic mass is 31.2. The molecule has 11 heavy (non-hydrogen) atoms. The third kappa shape index (κ3) is 4.92. The number of hydrogen-bond acceptors (Lipinski definition) is 4. The van der Waals surface area contributed by atoms with Gasteiger partial charge in [-0.05, 0) is 13.8 Å². The minimum absolute atomic E-state index is 0. The first-order valence-corrected chi connectivity index (χ1v) is 4.25. The lowest BCUT2D eigenvalue weighted by Gasteiger charge is -2.10. The normalized spacial score (nSPS) is 15.3. The smallest absolute Gasteiger partial charge is 0.359 e. The summed E-state index contributed by atoms with van der Waals surface area (Å²) in [6.07, 6.45) is -0.483. The molecule has 1 atom stereocenters. The van der Waals surface area contributed by atoms with Gasteiger partial charge in [-0.2, -0.15) is 0 Å². The molecule has 0 aliphatic heterocycles. The number of hydrogen-bond donors (Lipinski definition) is 3. The fraction of sp³-hybridized carbons (Fsp3) is 0.750. The summed E-state index contributed by atoms with van der Waals surface area (Å²) >= 11 is 0. The molecule has 1 unspecified atom stereocenters. The van der Waals surface area contributed by atoms with E-state index in [4.69, 9.17) is 4.89 Å². The first-order valence-electron chi connectivity index (χ1n) is 2.67. The number of carbonyl (C=O) groups excluding carboxylic acids is 1. The molecule has 0 saturated heterocycles. The molecule has 0 aromatic heterocycles. The van der Waals surface area contributed by atoms with Crippen LogP contribution in [0.1, 0.15) is 13.8 Å². The van der Waals surface area contributed by atoms with E-state index in [2.05, 4.69) is 10.3 Å². The zero-order chi connectivity index (χ0) is 8.36. The van der Waals surface area contributed by atoms with Gasteiger partial charge in [0.1, 0.15) is 0 Å². The molecule has 0 aliphatic rings. The van der Waals surface area contributed by atoms with Crippen LogP contribution in [0.4, 0.5) is 4.79 Å². The molecule has 0 radical (unpaired) electrons. The van der Waals surface area contributed by atoms with Crippen LogP contribution in [0.15, 0.2) is 0 Å². The molecule has 0 bridgehead atoms. The van der Waals surface area contributed by atoms with Crippen molar-refractivity contribution in [1.29, 1.82) is 0 Å². The lowest BCUT2D eigenvalue weighted by Crippen LogP contribution is -2.13. The molecule has 0 fully saturated rings. The summed E-state index contributed by atoms with van der Waals surface area (Å²) in [6.45, 7) is 3.07. The molecule has 0 aromatic carbocycles. The van der Waals surface area contributed by atoms with Gasteiger partial charge in [0.15, 0.2) is 0 Å². The molecule has 68 valence electrons. The maximum atomic E-state index is 10.6. The molecule has 0 rings (SSSR count). The molecule has 1 amide bonds. The van der Waals surface area contributed by atoms with Gasteiger partial charge in [-0.25, -0.2) is 4.57 Å². The Hall–Kier alpha value is -0.420. The number of rotatable bonds is 3. The fourth-order valence-corrected chi connectivity index (χ4v) is 1.01. The average molecular weight is 184 g/mol. The van der Waals surface area contributed by atoms with Gasteiger partial charge in [0.05, 0.1) is 6.10 Å². The molecule has 6 nitrogen and oxygen atoms in total. The van der Waals surface area contributed by atoms with E-state index in [1.54, 1.807) is 0 Å². The quantitative estimate of drug-likeness (QED) is 0.560. The summed E-state index contributed by atoms with van der Waals surface area (Å²) < 4.78 is 14.9. The van der Waals surface area contributed by atoms with Crippen molar-refractivity contribution in [2.24, 2.45) is 5.73 Å². The van der Waals surface area contributed by atoms with E-state index in [1.165, 1.54) is 13.8 Å². The second-order valence-electron chi connectivity index (χ2n) is 2.01. The standard InChI is InChI=1S/C4H10NO4P.H3N/c1-3(2)9-10(7,8)4(5)6;/h3H,1-2H3,(H2,5,6)(H,7,8);1H3. The van der Waals surface area contributed by atoms with Crippen molar-refractivity contribution in [3.63, 3.8) is 0 Å². The van der Waals surface area contributed by atoms with Crippen LogP contribution in [-0.4, -0.2) is 16.6 Å². The number of primary amides is 1. The van der Waals surface area contributed by atoms with Crippen molar-refractivity contribution in [1.82, 2.24) is 6.15 Å². The molecule has 6 N–H and O–H groups in total. The van der Waals surface area contributed by atoms with E-state index in [-0.39, 0.29) is 6.15 Å². The van der Waals surface area contributed by atoms with Gasteiger partial charge < -0.3 is 16.8 Å². The van der Waals surface area contributed by atoms with Gasteiger partial charge in [0.25, 0.3) is 0 Å². The Morgan fingerprint density at radius 2 is 2.00 bits per heavy atom. The highest BCUT2D eigenvalue weighted by Gasteiger charge is 2.28. The lowest BCUT2D eigenvalue weighted by atomic mass is 10.5. The van der Waals surface area contributed by atoms with Crippen LogP contribution in [0.2, 0.25) is 0 Å². The molecular formula is C4H13N2O4P. The van der Waals surface area contributed by atoms with E-state index < -0.39 is 19.3 Å². The fourth-order valence-electron chi connectivity index (χ4n) is 0.338. The van der Waals surface area contributed by atoms with Gasteiger partial charge in [-0.3, -0.25) is 9.32 Å². The van der Waals surface area contributed by atoms with Crippen molar-refractivity contribution in [2.45, 2.75) is 20.0 Å². The minimum atomic E-state index is -4.18. The molecule has 0 saturated carbocycles. The summed E-state index contributed by atoms with van der Waals surface area (Å²) in [5.41, 5.74) is 3.22. The van der Waals surface area contributed by atoms with E-state index >= 15 is 0 Å². The van der Waals surface area contributed by atoms with Crippen LogP contribution in [0, 0.1) is 0 Å². The zero-order valence-corrected chi connectivity index (χ0v) is 7.38. The second-order valence-corrected chi connectivity index (χ2v) is 3.71. The Labute approximate surface area is 64.8 Å². The second kappa shape index (κ2) is 4.46. The first-order chi connectivity index (χ1) is 4.36. The lowest BCUT2D eigenvalue weighted by molar-refractivity contribution is 0.200. The van der Waals surface area contributed by atoms with Crippen LogP contribution < -0.4 is 11.9 Å². The maximum Gasteiger partial charge on any atom is 0.415 e. The van der Waals surface area contributed by atoms with Gasteiger partial charge in [-0.15, -0.1) is 0 Å². The van der Waals surface area contributed by atoms with Gasteiger partial charge in [-0.1, -0.05) is 0 Å². The van der Waals surface area contributed by atoms with Crippen LogP contribution in [0.3, 0.4) is 0 Å². The largest absolute Gasteiger partial charge is 0.415 e. The highest BCUT2D eigenvalue weighted by molar-refractivity contribution is 7.70. The molecule has 7 heteroatoms. The average Bonchev–Trinajstić information content (AvgIpc) is 1.60. The Morgan fingerprint density at radius 1 is 1.64 bits per heavy atom. The minimum Gasteiger partial charge on any atom is -0.359 e. The summed E-state index contributed by atoms with van der Waals surface area (Å²) in [6, 6.07) is 0. The van der Waals surface area contributed by atoms with Gasteiger partial charge >= 0.3 is 13.2 Å². The van der Waals surface area contributed by atoms with E-state index in [0.29, 0.717) is 0 Å². The topological polar surface area (TPSA) is 125 Å². The van der Waals surface area contributed by atoms with E-state index in [1.807, 2.05) is 0 Å². The molecule has 0 aliphatic carbocycles. The first kappa shape index (κ1) is 13.2. The molecule has 0 heterocycles. The van der Waals surface area contributed by atoms with Crippen LogP contribution >= 0.6 is 7.60 Å². The maximum absolute atomic E-state index is 10.6.